The Bertz CT molecular complexity index is 1240. The summed E-state index contributed by atoms with van der Waals surface area (Å²) in [6, 6.07) is 11.7. The van der Waals surface area contributed by atoms with Crippen molar-refractivity contribution in [2.45, 2.75) is 16.8 Å². The van der Waals surface area contributed by atoms with Crippen LogP contribution in [0.4, 0.5) is 24.8 Å². The van der Waals surface area contributed by atoms with Gasteiger partial charge in [-0.2, -0.15) is 13.2 Å². The third-order valence-electron chi connectivity index (χ3n) is 4.49. The zero-order chi connectivity index (χ0) is 22.0. The molecule has 2 aromatic carbocycles. The molecule has 0 aliphatic rings. The van der Waals surface area contributed by atoms with Gasteiger partial charge in [-0.05, 0) is 42.5 Å². The monoisotopic (exact) mass is 443 g/mol. The smallest absolute Gasteiger partial charge is 0.368 e. The molecular weight excluding hydrogens is 427 g/mol. The van der Waals surface area contributed by atoms with Crippen LogP contribution in [0.2, 0.25) is 0 Å². The molecule has 0 saturated carbocycles. The Hall–Kier alpha value is -3.53. The van der Waals surface area contributed by atoms with Gasteiger partial charge in [0.25, 0.3) is 5.91 Å². The Balaban J connectivity index is 1.57. The molecular formula is C21H16F3N5OS. The van der Waals surface area contributed by atoms with Crippen molar-refractivity contribution in [2.75, 3.05) is 11.1 Å². The first kappa shape index (κ1) is 20.7. The molecule has 0 bridgehead atoms. The van der Waals surface area contributed by atoms with Crippen LogP contribution in [0.3, 0.4) is 0 Å². The number of fused-ring (bicyclic) bond motifs is 1. The van der Waals surface area contributed by atoms with Gasteiger partial charge in [-0.25, -0.2) is 9.97 Å². The van der Waals surface area contributed by atoms with Crippen molar-refractivity contribution in [2.24, 2.45) is 0 Å². The lowest BCUT2D eigenvalue weighted by atomic mass is 10.1. The Kier molecular flexibility index (Phi) is 5.55. The summed E-state index contributed by atoms with van der Waals surface area (Å²) in [5, 5.41) is 3.37. The Morgan fingerprint density at radius 1 is 1.13 bits per heavy atom. The van der Waals surface area contributed by atoms with E-state index in [0.29, 0.717) is 11.3 Å². The molecule has 0 aliphatic heterocycles. The number of nitrogens with one attached hydrogen (secondary N) is 2. The van der Waals surface area contributed by atoms with Crippen LogP contribution < -0.4 is 11.1 Å². The van der Waals surface area contributed by atoms with Crippen molar-refractivity contribution in [1.82, 2.24) is 15.0 Å². The molecule has 0 aliphatic carbocycles. The number of halogens is 3. The molecule has 0 unspecified atom stereocenters. The van der Waals surface area contributed by atoms with Gasteiger partial charge < -0.3 is 16.0 Å². The van der Waals surface area contributed by atoms with Crippen LogP contribution in [0.5, 0.6) is 0 Å². The molecule has 0 fully saturated rings. The summed E-state index contributed by atoms with van der Waals surface area (Å²) >= 11 is 1.49. The van der Waals surface area contributed by atoms with E-state index in [1.807, 2.05) is 18.2 Å². The topological polar surface area (TPSA) is 96.7 Å². The van der Waals surface area contributed by atoms with E-state index >= 15 is 0 Å². The van der Waals surface area contributed by atoms with Crippen molar-refractivity contribution >= 4 is 40.2 Å². The van der Waals surface area contributed by atoms with Gasteiger partial charge in [0.05, 0.1) is 16.8 Å². The number of carbonyl (C=O) groups is 1. The number of benzene rings is 2. The zero-order valence-electron chi connectivity index (χ0n) is 15.9. The van der Waals surface area contributed by atoms with E-state index in [4.69, 9.17) is 5.73 Å². The minimum atomic E-state index is -4.43. The fraction of sp³-hybridized carbons (Fsp3) is 0.0952. The molecule has 158 valence electrons. The quantitative estimate of drug-likeness (QED) is 0.373. The van der Waals surface area contributed by atoms with Crippen LogP contribution in [0, 0.1) is 0 Å². The lowest BCUT2D eigenvalue weighted by Gasteiger charge is -2.09. The Labute approximate surface area is 179 Å². The number of aromatic nitrogens is 3. The normalized spacial score (nSPS) is 11.6. The van der Waals surface area contributed by atoms with Gasteiger partial charge in [-0.3, -0.25) is 4.79 Å². The molecule has 6 nitrogen and oxygen atoms in total. The highest BCUT2D eigenvalue weighted by molar-refractivity contribution is 7.98. The highest BCUT2D eigenvalue weighted by Gasteiger charge is 2.30. The highest BCUT2D eigenvalue weighted by Crippen LogP contribution is 2.33. The van der Waals surface area contributed by atoms with E-state index < -0.39 is 17.6 Å². The average Bonchev–Trinajstić information content (AvgIpc) is 3.17. The number of thioether (sulfide) groups is 1. The number of rotatable bonds is 5. The standard InChI is InChI=1S/C21H16F3N5OS/c22-21(23,24)12-4-6-13(7-5-12)28-19(30)15-10-27-16-2-1-3-17(18(15)16)31-11-14-8-9-26-20(25)29-14/h1-10,27H,11H2,(H,28,30)(H2,25,26,29). The number of aromatic amines is 1. The molecule has 2 aromatic heterocycles. The zero-order valence-corrected chi connectivity index (χ0v) is 16.7. The lowest BCUT2D eigenvalue weighted by Crippen LogP contribution is -2.12. The number of hydrogen-bond acceptors (Lipinski definition) is 5. The molecule has 31 heavy (non-hydrogen) atoms. The molecule has 0 atom stereocenters. The number of hydrogen-bond donors (Lipinski definition) is 3. The minimum absolute atomic E-state index is 0.189. The van der Waals surface area contributed by atoms with Crippen molar-refractivity contribution < 1.29 is 18.0 Å². The molecule has 4 rings (SSSR count). The number of carbonyl (C=O) groups excluding carboxylic acids is 1. The summed E-state index contributed by atoms with van der Waals surface area (Å²) in [7, 11) is 0. The fourth-order valence-corrected chi connectivity index (χ4v) is 4.04. The first-order valence-corrected chi connectivity index (χ1v) is 10.1. The number of anilines is 2. The first-order valence-electron chi connectivity index (χ1n) is 9.10. The van der Waals surface area contributed by atoms with E-state index in [0.717, 1.165) is 33.6 Å². The number of H-pyrrole nitrogens is 1. The van der Waals surface area contributed by atoms with Gasteiger partial charge in [0.2, 0.25) is 5.95 Å². The largest absolute Gasteiger partial charge is 0.416 e. The second kappa shape index (κ2) is 8.31. The highest BCUT2D eigenvalue weighted by atomic mass is 32.2. The summed E-state index contributed by atoms with van der Waals surface area (Å²) in [4.78, 5) is 24.8. The van der Waals surface area contributed by atoms with Crippen molar-refractivity contribution in [3.05, 3.63) is 77.7 Å². The SMILES string of the molecule is Nc1nccc(CSc2cccc3[nH]cc(C(=O)Nc4ccc(C(F)(F)F)cc4)c23)n1. The lowest BCUT2D eigenvalue weighted by molar-refractivity contribution is -0.137. The average molecular weight is 443 g/mol. The molecule has 4 N–H and O–H groups in total. The molecule has 4 aromatic rings. The number of nitrogens with zero attached hydrogens (tertiary/aromatic N) is 2. The molecule has 10 heteroatoms. The van der Waals surface area contributed by atoms with Crippen LogP contribution in [0.25, 0.3) is 10.9 Å². The predicted molar refractivity (Wildman–Crippen MR) is 114 cm³/mol. The molecule has 2 heterocycles. The minimum Gasteiger partial charge on any atom is -0.368 e. The molecule has 1 amide bonds. The van der Waals surface area contributed by atoms with Gasteiger partial charge >= 0.3 is 6.18 Å². The van der Waals surface area contributed by atoms with Crippen molar-refractivity contribution in [3.63, 3.8) is 0 Å². The van der Waals surface area contributed by atoms with E-state index in [-0.39, 0.29) is 11.6 Å². The fourth-order valence-electron chi connectivity index (χ4n) is 3.04. The van der Waals surface area contributed by atoms with Gasteiger partial charge in [-0.1, -0.05) is 6.07 Å². The summed E-state index contributed by atoms with van der Waals surface area (Å²) in [5.74, 6) is 0.289. The van der Waals surface area contributed by atoms with Gasteiger partial charge in [0.15, 0.2) is 0 Å². The van der Waals surface area contributed by atoms with E-state index in [1.165, 1.54) is 23.9 Å². The van der Waals surface area contributed by atoms with Crippen LogP contribution in [-0.4, -0.2) is 20.9 Å². The molecule has 0 spiro atoms. The molecule has 0 saturated heterocycles. The maximum Gasteiger partial charge on any atom is 0.416 e. The van der Waals surface area contributed by atoms with Gasteiger partial charge in [0, 0.05) is 39.6 Å². The first-order chi connectivity index (χ1) is 14.8. The summed E-state index contributed by atoms with van der Waals surface area (Å²) in [5.41, 5.74) is 7.02. The van der Waals surface area contributed by atoms with Gasteiger partial charge in [-0.15, -0.1) is 11.8 Å². The summed E-state index contributed by atoms with van der Waals surface area (Å²) in [6.07, 6.45) is -1.27. The van der Waals surface area contributed by atoms with E-state index in [2.05, 4.69) is 20.3 Å². The Morgan fingerprint density at radius 3 is 2.61 bits per heavy atom. The summed E-state index contributed by atoms with van der Waals surface area (Å²) in [6.45, 7) is 0. The number of alkyl halides is 3. The third-order valence-corrected chi connectivity index (χ3v) is 5.58. The maximum absolute atomic E-state index is 12.8. The summed E-state index contributed by atoms with van der Waals surface area (Å²) < 4.78 is 38.2. The van der Waals surface area contributed by atoms with E-state index in [9.17, 15) is 18.0 Å². The second-order valence-electron chi connectivity index (χ2n) is 6.61. The predicted octanol–water partition coefficient (Wildman–Crippen LogP) is 5.10. The van der Waals surface area contributed by atoms with Gasteiger partial charge in [0.1, 0.15) is 0 Å². The number of nitrogen functional groups attached to an aromatic ring is 1. The van der Waals surface area contributed by atoms with E-state index in [1.54, 1.807) is 18.5 Å². The van der Waals surface area contributed by atoms with Crippen molar-refractivity contribution in [1.29, 1.82) is 0 Å². The second-order valence-corrected chi connectivity index (χ2v) is 7.62. The van der Waals surface area contributed by atoms with Crippen LogP contribution >= 0.6 is 11.8 Å². The third kappa shape index (κ3) is 4.64. The van der Waals surface area contributed by atoms with Crippen molar-refractivity contribution in [3.8, 4) is 0 Å². The molecule has 0 radical (unpaired) electrons. The van der Waals surface area contributed by atoms with Crippen LogP contribution in [0.15, 0.2) is 65.8 Å². The number of amides is 1. The number of nitrogens with two attached hydrogens (primary N) is 1. The Morgan fingerprint density at radius 2 is 1.90 bits per heavy atom. The van der Waals surface area contributed by atoms with Crippen LogP contribution in [-0.2, 0) is 11.9 Å². The maximum atomic E-state index is 12.8. The van der Waals surface area contributed by atoms with Crippen LogP contribution in [0.1, 0.15) is 21.6 Å².